The highest BCUT2D eigenvalue weighted by Crippen LogP contribution is 2.20. The highest BCUT2D eigenvalue weighted by atomic mass is 32.1. The maximum atomic E-state index is 11.0. The Balaban J connectivity index is 1.84. The van der Waals surface area contributed by atoms with Gasteiger partial charge in [-0.05, 0) is 25.1 Å². The van der Waals surface area contributed by atoms with Crippen molar-refractivity contribution in [1.82, 2.24) is 15.1 Å². The van der Waals surface area contributed by atoms with Crippen molar-refractivity contribution in [1.29, 1.82) is 0 Å². The minimum atomic E-state index is -0.991. The first kappa shape index (κ1) is 13.4. The number of nitrogens with zero attached hydrogens (tertiary/aromatic N) is 3. The Hall–Kier alpha value is -2.54. The SMILES string of the molecule is Cc1csc(Cc2noc(-c3cccc(C(=O)O)c3)n2)n1. The van der Waals surface area contributed by atoms with Crippen LogP contribution in [0.3, 0.4) is 0 Å². The molecule has 0 fully saturated rings. The third-order valence-corrected chi connectivity index (χ3v) is 3.77. The molecule has 0 saturated heterocycles. The van der Waals surface area contributed by atoms with Crippen molar-refractivity contribution in [3.8, 4) is 11.5 Å². The quantitative estimate of drug-likeness (QED) is 0.797. The third kappa shape index (κ3) is 2.97. The number of benzene rings is 1. The Labute approximate surface area is 124 Å². The molecule has 106 valence electrons. The summed E-state index contributed by atoms with van der Waals surface area (Å²) in [6.07, 6.45) is 0.501. The summed E-state index contributed by atoms with van der Waals surface area (Å²) in [5, 5.41) is 15.8. The van der Waals surface area contributed by atoms with Gasteiger partial charge in [0.2, 0.25) is 0 Å². The summed E-state index contributed by atoms with van der Waals surface area (Å²) in [6, 6.07) is 6.40. The lowest BCUT2D eigenvalue weighted by Crippen LogP contribution is -1.95. The molecule has 0 bridgehead atoms. The van der Waals surface area contributed by atoms with E-state index in [-0.39, 0.29) is 5.56 Å². The number of aromatic carboxylic acids is 1. The predicted octanol–water partition coefficient (Wildman–Crippen LogP) is 2.79. The number of hydrogen-bond acceptors (Lipinski definition) is 6. The van der Waals surface area contributed by atoms with Gasteiger partial charge in [-0.15, -0.1) is 11.3 Å². The highest BCUT2D eigenvalue weighted by Gasteiger charge is 2.12. The second-order valence-corrected chi connectivity index (χ2v) is 5.40. The molecule has 21 heavy (non-hydrogen) atoms. The molecule has 0 atom stereocenters. The van der Waals surface area contributed by atoms with Crippen LogP contribution < -0.4 is 0 Å². The summed E-state index contributed by atoms with van der Waals surface area (Å²) >= 11 is 1.55. The van der Waals surface area contributed by atoms with E-state index in [1.54, 1.807) is 23.5 Å². The number of aryl methyl sites for hydroxylation is 1. The van der Waals surface area contributed by atoms with Crippen LogP contribution in [0.4, 0.5) is 0 Å². The van der Waals surface area contributed by atoms with E-state index in [0.717, 1.165) is 10.7 Å². The van der Waals surface area contributed by atoms with Crippen LogP contribution in [0.1, 0.15) is 26.9 Å². The zero-order chi connectivity index (χ0) is 14.8. The summed E-state index contributed by atoms with van der Waals surface area (Å²) in [6.45, 7) is 1.93. The smallest absolute Gasteiger partial charge is 0.335 e. The molecule has 0 aliphatic heterocycles. The number of carboxylic acids is 1. The molecule has 7 heteroatoms. The van der Waals surface area contributed by atoms with E-state index < -0.39 is 5.97 Å². The third-order valence-electron chi connectivity index (χ3n) is 2.80. The second-order valence-electron chi connectivity index (χ2n) is 4.46. The number of hydrogen-bond donors (Lipinski definition) is 1. The van der Waals surface area contributed by atoms with Crippen molar-refractivity contribution in [2.45, 2.75) is 13.3 Å². The van der Waals surface area contributed by atoms with E-state index in [4.69, 9.17) is 9.63 Å². The molecule has 1 N–H and O–H groups in total. The van der Waals surface area contributed by atoms with Gasteiger partial charge >= 0.3 is 5.97 Å². The first-order valence-electron chi connectivity index (χ1n) is 6.19. The maximum Gasteiger partial charge on any atom is 0.335 e. The molecule has 0 amide bonds. The largest absolute Gasteiger partial charge is 0.478 e. The molecule has 0 aliphatic carbocycles. The molecule has 6 nitrogen and oxygen atoms in total. The molecule has 2 heterocycles. The topological polar surface area (TPSA) is 89.1 Å². The molecular formula is C14H11N3O3S. The van der Waals surface area contributed by atoms with E-state index in [2.05, 4.69) is 15.1 Å². The van der Waals surface area contributed by atoms with Crippen molar-refractivity contribution in [3.05, 3.63) is 51.7 Å². The Morgan fingerprint density at radius 1 is 1.38 bits per heavy atom. The fourth-order valence-electron chi connectivity index (χ4n) is 1.85. The summed E-state index contributed by atoms with van der Waals surface area (Å²) in [4.78, 5) is 19.6. The van der Waals surface area contributed by atoms with Crippen molar-refractivity contribution >= 4 is 17.3 Å². The van der Waals surface area contributed by atoms with Gasteiger partial charge in [0.05, 0.1) is 12.0 Å². The van der Waals surface area contributed by atoms with Crippen LogP contribution in [0.25, 0.3) is 11.5 Å². The monoisotopic (exact) mass is 301 g/mol. The molecular weight excluding hydrogens is 290 g/mol. The number of thiazole rings is 1. The van der Waals surface area contributed by atoms with E-state index in [0.29, 0.717) is 23.7 Å². The molecule has 3 rings (SSSR count). The predicted molar refractivity (Wildman–Crippen MR) is 76.4 cm³/mol. The van der Waals surface area contributed by atoms with Crippen molar-refractivity contribution in [2.75, 3.05) is 0 Å². The van der Waals surface area contributed by atoms with Gasteiger partial charge in [0.25, 0.3) is 5.89 Å². The van der Waals surface area contributed by atoms with Gasteiger partial charge in [-0.3, -0.25) is 0 Å². The highest BCUT2D eigenvalue weighted by molar-refractivity contribution is 7.09. The van der Waals surface area contributed by atoms with Gasteiger partial charge < -0.3 is 9.63 Å². The number of carbonyl (C=O) groups is 1. The normalized spacial score (nSPS) is 10.7. The molecule has 0 unspecified atom stereocenters. The van der Waals surface area contributed by atoms with Gasteiger partial charge in [-0.2, -0.15) is 4.98 Å². The van der Waals surface area contributed by atoms with Crippen LogP contribution in [0.15, 0.2) is 34.2 Å². The van der Waals surface area contributed by atoms with E-state index in [1.807, 2.05) is 12.3 Å². The van der Waals surface area contributed by atoms with Gasteiger partial charge in [0, 0.05) is 16.6 Å². The fraction of sp³-hybridized carbons (Fsp3) is 0.143. The van der Waals surface area contributed by atoms with Crippen LogP contribution in [-0.2, 0) is 6.42 Å². The Bertz CT molecular complexity index is 794. The minimum absolute atomic E-state index is 0.183. The van der Waals surface area contributed by atoms with Crippen molar-refractivity contribution in [3.63, 3.8) is 0 Å². The summed E-state index contributed by atoms with van der Waals surface area (Å²) in [5.74, 6) is -0.156. The maximum absolute atomic E-state index is 11.0. The summed E-state index contributed by atoms with van der Waals surface area (Å²) in [7, 11) is 0. The first-order valence-corrected chi connectivity index (χ1v) is 7.07. The zero-order valence-corrected chi connectivity index (χ0v) is 11.9. The molecule has 2 aromatic heterocycles. The second kappa shape index (κ2) is 5.45. The Morgan fingerprint density at radius 2 is 2.24 bits per heavy atom. The Morgan fingerprint density at radius 3 is 2.95 bits per heavy atom. The lowest BCUT2D eigenvalue weighted by Gasteiger charge is -1.96. The zero-order valence-electron chi connectivity index (χ0n) is 11.1. The number of aromatic nitrogens is 3. The van der Waals surface area contributed by atoms with Gasteiger partial charge in [-0.1, -0.05) is 11.2 Å². The van der Waals surface area contributed by atoms with Crippen LogP contribution in [-0.4, -0.2) is 26.2 Å². The average molecular weight is 301 g/mol. The molecule has 0 spiro atoms. The molecule has 0 aliphatic rings. The van der Waals surface area contributed by atoms with E-state index >= 15 is 0 Å². The molecule has 1 aromatic carbocycles. The molecule has 3 aromatic rings. The van der Waals surface area contributed by atoms with Crippen LogP contribution in [0.5, 0.6) is 0 Å². The van der Waals surface area contributed by atoms with Crippen LogP contribution in [0, 0.1) is 6.92 Å². The van der Waals surface area contributed by atoms with E-state index in [9.17, 15) is 4.79 Å². The van der Waals surface area contributed by atoms with E-state index in [1.165, 1.54) is 12.1 Å². The van der Waals surface area contributed by atoms with Gasteiger partial charge in [-0.25, -0.2) is 9.78 Å². The Kier molecular flexibility index (Phi) is 3.49. The first-order chi connectivity index (χ1) is 10.1. The fourth-order valence-corrected chi connectivity index (χ4v) is 2.62. The number of rotatable bonds is 4. The molecule has 0 saturated carbocycles. The standard InChI is InChI=1S/C14H11N3O3S/c1-8-7-21-12(15-8)6-11-16-13(20-17-11)9-3-2-4-10(5-9)14(18)19/h2-5,7H,6H2,1H3,(H,18,19). The lowest BCUT2D eigenvalue weighted by atomic mass is 10.1. The minimum Gasteiger partial charge on any atom is -0.478 e. The van der Waals surface area contributed by atoms with Gasteiger partial charge in [0.1, 0.15) is 5.01 Å². The van der Waals surface area contributed by atoms with Crippen molar-refractivity contribution < 1.29 is 14.4 Å². The summed E-state index contributed by atoms with van der Waals surface area (Å²) in [5.41, 5.74) is 1.74. The van der Waals surface area contributed by atoms with Crippen molar-refractivity contribution in [2.24, 2.45) is 0 Å². The lowest BCUT2D eigenvalue weighted by molar-refractivity contribution is 0.0697. The van der Waals surface area contributed by atoms with Crippen LogP contribution in [0.2, 0.25) is 0 Å². The summed E-state index contributed by atoms with van der Waals surface area (Å²) < 4.78 is 5.19. The average Bonchev–Trinajstić information content (AvgIpc) is 3.09. The van der Waals surface area contributed by atoms with Gasteiger partial charge in [0.15, 0.2) is 5.82 Å². The number of carboxylic acid groups (broad SMARTS) is 1. The van der Waals surface area contributed by atoms with Crippen LogP contribution >= 0.6 is 11.3 Å². The molecule has 0 radical (unpaired) electrons.